The number of hydrogen-bond donors (Lipinski definition) is 0. The number of hydrogen-bond acceptors (Lipinski definition) is 5. The Bertz CT molecular complexity index is 658. The van der Waals surface area contributed by atoms with E-state index in [9.17, 15) is 4.79 Å². The van der Waals surface area contributed by atoms with E-state index in [0.717, 1.165) is 12.1 Å². The number of Topliss-reactive ketones (excluding diaryl/α,β-unsaturated/α-hetero) is 1. The van der Waals surface area contributed by atoms with Crippen LogP contribution in [0, 0.1) is 12.3 Å². The molecule has 19 heavy (non-hydrogen) atoms. The highest BCUT2D eigenvalue weighted by Gasteiger charge is 2.32. The summed E-state index contributed by atoms with van der Waals surface area (Å²) in [5.74, 6) is 1.21. The van der Waals surface area contributed by atoms with Gasteiger partial charge in [0.15, 0.2) is 17.5 Å². The molecule has 0 bridgehead atoms. The van der Waals surface area contributed by atoms with Crippen molar-refractivity contribution in [1.82, 2.24) is 15.0 Å². The molecule has 2 aromatic heterocycles. The molecule has 5 heteroatoms. The van der Waals surface area contributed by atoms with Crippen LogP contribution in [0.1, 0.15) is 42.2 Å². The number of ketones is 1. The lowest BCUT2D eigenvalue weighted by Gasteiger charge is -2.29. The van der Waals surface area contributed by atoms with Crippen LogP contribution in [0.5, 0.6) is 0 Å². The minimum absolute atomic E-state index is 0.0462. The molecular weight excluding hydrogens is 242 g/mol. The quantitative estimate of drug-likeness (QED) is 0.785. The number of aryl methyl sites for hydroxylation is 1. The molecule has 0 aliphatic heterocycles. The van der Waals surface area contributed by atoms with Gasteiger partial charge in [-0.25, -0.2) is 15.0 Å². The van der Waals surface area contributed by atoms with Crippen LogP contribution in [-0.2, 0) is 6.42 Å². The van der Waals surface area contributed by atoms with E-state index in [1.165, 1.54) is 6.26 Å². The predicted molar refractivity (Wildman–Crippen MR) is 68.7 cm³/mol. The van der Waals surface area contributed by atoms with Gasteiger partial charge in [-0.2, -0.15) is 0 Å². The third-order valence-electron chi connectivity index (χ3n) is 3.30. The fraction of sp³-hybridized carbons (Fsp3) is 0.429. The van der Waals surface area contributed by atoms with E-state index < -0.39 is 0 Å². The van der Waals surface area contributed by atoms with Crippen LogP contribution in [0.15, 0.2) is 16.9 Å². The SMILES string of the molecule is Cc1nc(-c2ncc3c(n2)CC(C)(C)CC3=O)co1. The number of rotatable bonds is 1. The first-order valence-electron chi connectivity index (χ1n) is 6.26. The molecule has 1 aliphatic carbocycles. The Morgan fingerprint density at radius 1 is 1.26 bits per heavy atom. The maximum Gasteiger partial charge on any atom is 0.191 e. The molecule has 2 heterocycles. The summed E-state index contributed by atoms with van der Waals surface area (Å²) in [5, 5.41) is 0. The highest BCUT2D eigenvalue weighted by Crippen LogP contribution is 2.34. The van der Waals surface area contributed by atoms with E-state index in [2.05, 4.69) is 28.8 Å². The average Bonchev–Trinajstić information content (AvgIpc) is 2.73. The molecule has 98 valence electrons. The van der Waals surface area contributed by atoms with Crippen molar-refractivity contribution in [2.24, 2.45) is 5.41 Å². The molecule has 0 spiro atoms. The summed E-state index contributed by atoms with van der Waals surface area (Å²) in [6.45, 7) is 5.93. The van der Waals surface area contributed by atoms with Crippen molar-refractivity contribution in [3.8, 4) is 11.5 Å². The first-order chi connectivity index (χ1) is 8.94. The zero-order valence-corrected chi connectivity index (χ0v) is 11.2. The Hall–Kier alpha value is -2.04. The number of carbonyl (C=O) groups excluding carboxylic acids is 1. The second-order valence-corrected chi connectivity index (χ2v) is 5.75. The standard InChI is InChI=1S/C14H15N3O2/c1-8-16-11(7-19-8)13-15-6-9-10(17-13)4-14(2,3)5-12(9)18/h6-7H,4-5H2,1-3H3. The van der Waals surface area contributed by atoms with E-state index in [1.807, 2.05) is 0 Å². The van der Waals surface area contributed by atoms with Crippen molar-refractivity contribution < 1.29 is 9.21 Å². The van der Waals surface area contributed by atoms with Gasteiger partial charge in [0, 0.05) is 19.5 Å². The van der Waals surface area contributed by atoms with E-state index in [4.69, 9.17) is 4.42 Å². The van der Waals surface area contributed by atoms with Gasteiger partial charge in [-0.3, -0.25) is 4.79 Å². The van der Waals surface area contributed by atoms with Gasteiger partial charge >= 0.3 is 0 Å². The third kappa shape index (κ3) is 2.16. The predicted octanol–water partition coefficient (Wildman–Crippen LogP) is 2.60. The highest BCUT2D eigenvalue weighted by molar-refractivity contribution is 5.98. The summed E-state index contributed by atoms with van der Waals surface area (Å²) in [6, 6.07) is 0. The number of carbonyl (C=O) groups is 1. The lowest BCUT2D eigenvalue weighted by atomic mass is 9.76. The fourth-order valence-corrected chi connectivity index (χ4v) is 2.42. The van der Waals surface area contributed by atoms with Gasteiger partial charge in [0.2, 0.25) is 0 Å². The van der Waals surface area contributed by atoms with E-state index in [0.29, 0.717) is 29.4 Å². The van der Waals surface area contributed by atoms with Gasteiger partial charge in [0.1, 0.15) is 12.0 Å². The molecule has 0 atom stereocenters. The van der Waals surface area contributed by atoms with Crippen molar-refractivity contribution in [1.29, 1.82) is 0 Å². The molecule has 0 N–H and O–H groups in total. The van der Waals surface area contributed by atoms with Gasteiger partial charge < -0.3 is 4.42 Å². The smallest absolute Gasteiger partial charge is 0.191 e. The number of oxazole rings is 1. The second-order valence-electron chi connectivity index (χ2n) is 5.75. The van der Waals surface area contributed by atoms with Crippen LogP contribution in [0.25, 0.3) is 11.5 Å². The zero-order valence-electron chi connectivity index (χ0n) is 11.2. The van der Waals surface area contributed by atoms with Crippen LogP contribution < -0.4 is 0 Å². The van der Waals surface area contributed by atoms with E-state index in [-0.39, 0.29) is 11.2 Å². The number of nitrogens with zero attached hydrogens (tertiary/aromatic N) is 3. The van der Waals surface area contributed by atoms with Crippen LogP contribution in [0.3, 0.4) is 0 Å². The maximum absolute atomic E-state index is 12.0. The van der Waals surface area contributed by atoms with Crippen molar-refractivity contribution >= 4 is 5.78 Å². The normalized spacial score (nSPS) is 17.3. The highest BCUT2D eigenvalue weighted by atomic mass is 16.3. The Morgan fingerprint density at radius 3 is 2.74 bits per heavy atom. The molecule has 0 saturated carbocycles. The summed E-state index contributed by atoms with van der Waals surface area (Å²) >= 11 is 0. The molecule has 0 aromatic carbocycles. The third-order valence-corrected chi connectivity index (χ3v) is 3.30. The topological polar surface area (TPSA) is 68.9 Å². The van der Waals surface area contributed by atoms with Crippen LogP contribution in [0.2, 0.25) is 0 Å². The first-order valence-corrected chi connectivity index (χ1v) is 6.26. The van der Waals surface area contributed by atoms with Gasteiger partial charge in [-0.05, 0) is 11.8 Å². The van der Waals surface area contributed by atoms with Gasteiger partial charge in [-0.1, -0.05) is 13.8 Å². The summed E-state index contributed by atoms with van der Waals surface area (Å²) in [4.78, 5) is 25.0. The number of aromatic nitrogens is 3. The van der Waals surface area contributed by atoms with Crippen LogP contribution >= 0.6 is 0 Å². The monoisotopic (exact) mass is 257 g/mol. The molecular formula is C14H15N3O2. The largest absolute Gasteiger partial charge is 0.449 e. The molecule has 0 unspecified atom stereocenters. The lowest BCUT2D eigenvalue weighted by Crippen LogP contribution is -2.28. The Balaban J connectivity index is 2.06. The molecule has 0 radical (unpaired) electrons. The second kappa shape index (κ2) is 3.98. The van der Waals surface area contributed by atoms with E-state index in [1.54, 1.807) is 13.1 Å². The van der Waals surface area contributed by atoms with Crippen molar-refractivity contribution in [3.63, 3.8) is 0 Å². The van der Waals surface area contributed by atoms with Gasteiger partial charge in [0.25, 0.3) is 0 Å². The molecule has 0 amide bonds. The van der Waals surface area contributed by atoms with Crippen molar-refractivity contribution in [3.05, 3.63) is 29.6 Å². The molecule has 0 saturated heterocycles. The molecule has 3 rings (SSSR count). The summed E-state index contributed by atoms with van der Waals surface area (Å²) < 4.78 is 5.17. The number of fused-ring (bicyclic) bond motifs is 1. The van der Waals surface area contributed by atoms with Crippen LogP contribution in [0.4, 0.5) is 0 Å². The summed E-state index contributed by atoms with van der Waals surface area (Å²) in [7, 11) is 0. The van der Waals surface area contributed by atoms with Crippen LogP contribution in [-0.4, -0.2) is 20.7 Å². The first kappa shape index (κ1) is 12.0. The Kier molecular flexibility index (Phi) is 2.52. The zero-order chi connectivity index (χ0) is 13.6. The lowest BCUT2D eigenvalue weighted by molar-refractivity contribution is 0.0910. The molecule has 1 aliphatic rings. The molecule has 0 fully saturated rings. The fourth-order valence-electron chi connectivity index (χ4n) is 2.42. The Morgan fingerprint density at radius 2 is 2.05 bits per heavy atom. The minimum Gasteiger partial charge on any atom is -0.449 e. The molecule has 2 aromatic rings. The molecule has 5 nitrogen and oxygen atoms in total. The summed E-state index contributed by atoms with van der Waals surface area (Å²) in [5.41, 5.74) is 2.02. The van der Waals surface area contributed by atoms with E-state index >= 15 is 0 Å². The Labute approximate surface area is 111 Å². The van der Waals surface area contributed by atoms with Gasteiger partial charge in [0.05, 0.1) is 11.3 Å². The summed E-state index contributed by atoms with van der Waals surface area (Å²) in [6.07, 6.45) is 4.47. The average molecular weight is 257 g/mol. The minimum atomic E-state index is -0.0462. The van der Waals surface area contributed by atoms with Gasteiger partial charge in [-0.15, -0.1) is 0 Å². The maximum atomic E-state index is 12.0. The van der Waals surface area contributed by atoms with Crippen molar-refractivity contribution in [2.75, 3.05) is 0 Å². The van der Waals surface area contributed by atoms with Crippen molar-refractivity contribution in [2.45, 2.75) is 33.6 Å².